The summed E-state index contributed by atoms with van der Waals surface area (Å²) in [5, 5.41) is 24.4. The highest BCUT2D eigenvalue weighted by Crippen LogP contribution is 2.36. The van der Waals surface area contributed by atoms with Crippen molar-refractivity contribution < 1.29 is 14.9 Å². The summed E-state index contributed by atoms with van der Waals surface area (Å²) in [6.45, 7) is 3.79. The summed E-state index contributed by atoms with van der Waals surface area (Å²) in [6.07, 6.45) is -0.139. The van der Waals surface area contributed by atoms with Crippen LogP contribution < -0.4 is 4.74 Å². The number of ether oxygens (including phenoxy) is 1. The molecule has 32 heavy (non-hydrogen) atoms. The molecule has 6 nitrogen and oxygen atoms in total. The minimum Gasteiger partial charge on any atom is -0.508 e. The third kappa shape index (κ3) is 3.56. The first-order valence-electron chi connectivity index (χ1n) is 10.4. The predicted octanol–water partition coefficient (Wildman–Crippen LogP) is 5.71. The normalized spacial score (nSPS) is 11.3. The minimum absolute atomic E-state index is 0.0419. The van der Waals surface area contributed by atoms with Gasteiger partial charge in [-0.15, -0.1) is 0 Å². The molecule has 6 heteroatoms. The second-order valence-electron chi connectivity index (χ2n) is 7.82. The molecule has 0 bridgehead atoms. The molecule has 158 valence electrons. The van der Waals surface area contributed by atoms with E-state index in [9.17, 15) is 10.2 Å². The summed E-state index contributed by atoms with van der Waals surface area (Å²) in [5.74, 6) is 0.543. The van der Waals surface area contributed by atoms with E-state index in [-0.39, 0.29) is 29.4 Å². The lowest BCUT2D eigenvalue weighted by Gasteiger charge is -2.14. The molecule has 0 aliphatic carbocycles. The van der Waals surface area contributed by atoms with Gasteiger partial charge in [0, 0.05) is 11.6 Å². The summed E-state index contributed by atoms with van der Waals surface area (Å²) < 4.78 is 5.81. The molecule has 1 heterocycles. The molecule has 0 aliphatic rings. The summed E-state index contributed by atoms with van der Waals surface area (Å²) >= 11 is 0. The second kappa shape index (κ2) is 7.81. The van der Waals surface area contributed by atoms with Gasteiger partial charge in [0.15, 0.2) is 11.6 Å². The van der Waals surface area contributed by atoms with Crippen molar-refractivity contribution >= 4 is 21.5 Å². The fourth-order valence-corrected chi connectivity index (χ4v) is 3.81. The van der Waals surface area contributed by atoms with Crippen molar-refractivity contribution in [2.75, 3.05) is 0 Å². The number of aromatic nitrogens is 3. The molecule has 2 N–H and O–H groups in total. The van der Waals surface area contributed by atoms with Gasteiger partial charge < -0.3 is 14.9 Å². The van der Waals surface area contributed by atoms with Crippen LogP contribution in [-0.2, 0) is 0 Å². The van der Waals surface area contributed by atoms with Gasteiger partial charge in [0.25, 0.3) is 0 Å². The Morgan fingerprint density at radius 2 is 1.34 bits per heavy atom. The van der Waals surface area contributed by atoms with Crippen LogP contribution in [0.15, 0.2) is 72.8 Å². The number of aromatic hydroxyl groups is 2. The van der Waals surface area contributed by atoms with E-state index in [0.29, 0.717) is 11.4 Å². The third-order valence-electron chi connectivity index (χ3n) is 5.19. The van der Waals surface area contributed by atoms with E-state index in [1.807, 2.05) is 44.2 Å². The van der Waals surface area contributed by atoms with E-state index in [0.717, 1.165) is 27.1 Å². The highest BCUT2D eigenvalue weighted by molar-refractivity contribution is 6.13. The van der Waals surface area contributed by atoms with Crippen LogP contribution in [0.1, 0.15) is 13.8 Å². The van der Waals surface area contributed by atoms with E-state index in [1.54, 1.807) is 6.07 Å². The molecule has 0 saturated heterocycles. The standard InChI is InChI=1S/C26H21N3O3/c1-15(2)32-26-28-24(21-12-11-17(30)14-23(21)31)27-25(29-26)22-13-16-7-3-4-8-18(16)19-9-5-6-10-20(19)22/h3-15,30-31H,1-2H3. The largest absolute Gasteiger partial charge is 0.508 e. The number of hydrogen-bond donors (Lipinski definition) is 2. The molecule has 1 aromatic heterocycles. The van der Waals surface area contributed by atoms with E-state index < -0.39 is 0 Å². The zero-order valence-electron chi connectivity index (χ0n) is 17.6. The topological polar surface area (TPSA) is 88.4 Å². The van der Waals surface area contributed by atoms with Crippen LogP contribution in [0.25, 0.3) is 44.3 Å². The van der Waals surface area contributed by atoms with E-state index >= 15 is 0 Å². The molecule has 0 spiro atoms. The van der Waals surface area contributed by atoms with Crippen molar-refractivity contribution in [2.24, 2.45) is 0 Å². The second-order valence-corrected chi connectivity index (χ2v) is 7.82. The average Bonchev–Trinajstić information content (AvgIpc) is 2.78. The maximum absolute atomic E-state index is 10.4. The van der Waals surface area contributed by atoms with Crippen molar-refractivity contribution in [1.29, 1.82) is 0 Å². The summed E-state index contributed by atoms with van der Waals surface area (Å²) in [7, 11) is 0. The molecule has 0 atom stereocenters. The quantitative estimate of drug-likeness (QED) is 0.360. The number of fused-ring (bicyclic) bond motifs is 3. The molecule has 5 aromatic rings. The molecule has 0 fully saturated rings. The van der Waals surface area contributed by atoms with Gasteiger partial charge in [0.2, 0.25) is 0 Å². The van der Waals surface area contributed by atoms with Crippen molar-refractivity contribution in [2.45, 2.75) is 20.0 Å². The number of benzene rings is 4. The molecule has 0 radical (unpaired) electrons. The van der Waals surface area contributed by atoms with Gasteiger partial charge in [0.05, 0.1) is 11.7 Å². The van der Waals surface area contributed by atoms with Crippen molar-refractivity contribution in [1.82, 2.24) is 15.0 Å². The van der Waals surface area contributed by atoms with Crippen LogP contribution in [0.4, 0.5) is 0 Å². The Morgan fingerprint density at radius 3 is 2.06 bits per heavy atom. The SMILES string of the molecule is CC(C)Oc1nc(-c2ccc(O)cc2O)nc(-c2cc3ccccc3c3ccccc23)n1. The van der Waals surface area contributed by atoms with Gasteiger partial charge in [-0.1, -0.05) is 48.5 Å². The lowest BCUT2D eigenvalue weighted by molar-refractivity contribution is 0.222. The number of phenolic OH excluding ortho intramolecular Hbond substituents is 2. The first-order chi connectivity index (χ1) is 15.5. The van der Waals surface area contributed by atoms with Crippen LogP contribution in [0.3, 0.4) is 0 Å². The smallest absolute Gasteiger partial charge is 0.320 e. The van der Waals surface area contributed by atoms with Crippen LogP contribution >= 0.6 is 0 Å². The summed E-state index contributed by atoms with van der Waals surface area (Å²) in [5.41, 5.74) is 1.22. The molecular weight excluding hydrogens is 402 g/mol. The van der Waals surface area contributed by atoms with Gasteiger partial charge in [-0.3, -0.25) is 0 Å². The maximum Gasteiger partial charge on any atom is 0.320 e. The number of nitrogens with zero attached hydrogens (tertiary/aromatic N) is 3. The highest BCUT2D eigenvalue weighted by atomic mass is 16.5. The molecule has 5 rings (SSSR count). The molecule has 0 unspecified atom stereocenters. The minimum atomic E-state index is -0.139. The van der Waals surface area contributed by atoms with Crippen LogP contribution in [0.5, 0.6) is 17.5 Å². The van der Waals surface area contributed by atoms with Crippen LogP contribution in [0.2, 0.25) is 0 Å². The predicted molar refractivity (Wildman–Crippen MR) is 125 cm³/mol. The Balaban J connectivity index is 1.80. The Labute approximate surface area is 184 Å². The number of phenols is 2. The Kier molecular flexibility index (Phi) is 4.82. The summed E-state index contributed by atoms with van der Waals surface area (Å²) in [6, 6.07) is 22.9. The molecule has 4 aromatic carbocycles. The maximum atomic E-state index is 10.4. The number of rotatable bonds is 4. The van der Waals surface area contributed by atoms with Crippen LogP contribution in [0, 0.1) is 0 Å². The first-order valence-corrected chi connectivity index (χ1v) is 10.4. The van der Waals surface area contributed by atoms with Gasteiger partial charge in [0.1, 0.15) is 11.5 Å². The Bertz CT molecular complexity index is 1460. The molecule has 0 amide bonds. The van der Waals surface area contributed by atoms with Gasteiger partial charge in [-0.25, -0.2) is 4.98 Å². The lowest BCUT2D eigenvalue weighted by Crippen LogP contribution is -2.10. The zero-order valence-corrected chi connectivity index (χ0v) is 17.6. The third-order valence-corrected chi connectivity index (χ3v) is 5.19. The molecular formula is C26H21N3O3. The molecule has 0 aliphatic heterocycles. The van der Waals surface area contributed by atoms with E-state index in [4.69, 9.17) is 4.74 Å². The van der Waals surface area contributed by atoms with E-state index in [2.05, 4.69) is 39.2 Å². The average molecular weight is 423 g/mol. The highest BCUT2D eigenvalue weighted by Gasteiger charge is 2.17. The zero-order chi connectivity index (χ0) is 22.2. The van der Waals surface area contributed by atoms with Crippen molar-refractivity contribution in [3.05, 3.63) is 72.8 Å². The van der Waals surface area contributed by atoms with Gasteiger partial charge >= 0.3 is 6.01 Å². The summed E-state index contributed by atoms with van der Waals surface area (Å²) in [4.78, 5) is 13.7. The van der Waals surface area contributed by atoms with Crippen molar-refractivity contribution in [3.8, 4) is 40.3 Å². The monoisotopic (exact) mass is 423 g/mol. The Morgan fingerprint density at radius 1 is 0.688 bits per heavy atom. The van der Waals surface area contributed by atoms with Gasteiger partial charge in [-0.2, -0.15) is 9.97 Å². The van der Waals surface area contributed by atoms with Crippen molar-refractivity contribution in [3.63, 3.8) is 0 Å². The van der Waals surface area contributed by atoms with E-state index in [1.165, 1.54) is 12.1 Å². The fraction of sp³-hybridized carbons (Fsp3) is 0.115. The molecule has 0 saturated carbocycles. The fourth-order valence-electron chi connectivity index (χ4n) is 3.81. The van der Waals surface area contributed by atoms with Gasteiger partial charge in [-0.05, 0) is 53.6 Å². The lowest BCUT2D eigenvalue weighted by atomic mass is 9.97. The Hall–Kier alpha value is -4.19. The number of hydrogen-bond acceptors (Lipinski definition) is 6. The van der Waals surface area contributed by atoms with Crippen LogP contribution in [-0.4, -0.2) is 31.3 Å². The first kappa shape index (κ1) is 19.8.